The van der Waals surface area contributed by atoms with E-state index in [1.54, 1.807) is 61.7 Å². The standard InChI is InChI=1S/C21H19Cl2N3O3/c1-28-18-4-2-3-16(11-18)25-21(27)24-15-7-5-14(6-8-15)13-29-26-17-9-10-19(22)20(23)12-17/h2-12,26H,13H2,1H3,(H2,24,25,27). The van der Waals surface area contributed by atoms with Gasteiger partial charge >= 0.3 is 6.03 Å². The summed E-state index contributed by atoms with van der Waals surface area (Å²) in [5.41, 5.74) is 5.74. The molecule has 3 aromatic rings. The van der Waals surface area contributed by atoms with Crippen molar-refractivity contribution < 1.29 is 14.4 Å². The number of benzene rings is 3. The normalized spacial score (nSPS) is 10.3. The molecule has 0 aromatic heterocycles. The molecular weight excluding hydrogens is 413 g/mol. The summed E-state index contributed by atoms with van der Waals surface area (Å²) in [6.07, 6.45) is 0. The number of rotatable bonds is 7. The molecule has 2 amide bonds. The van der Waals surface area contributed by atoms with Gasteiger partial charge in [0.05, 0.1) is 29.4 Å². The minimum atomic E-state index is -0.344. The molecule has 0 aliphatic rings. The molecule has 3 N–H and O–H groups in total. The molecule has 0 heterocycles. The quantitative estimate of drug-likeness (QED) is 0.390. The molecule has 0 spiro atoms. The van der Waals surface area contributed by atoms with E-state index in [4.69, 9.17) is 32.8 Å². The number of methoxy groups -OCH3 is 1. The number of ether oxygens (including phenoxy) is 1. The van der Waals surface area contributed by atoms with Gasteiger partial charge in [0.25, 0.3) is 0 Å². The molecule has 0 radical (unpaired) electrons. The van der Waals surface area contributed by atoms with Gasteiger partial charge in [0, 0.05) is 17.4 Å². The van der Waals surface area contributed by atoms with Gasteiger partial charge in [0.2, 0.25) is 0 Å². The van der Waals surface area contributed by atoms with Crippen LogP contribution in [-0.2, 0) is 11.4 Å². The number of carbonyl (C=O) groups is 1. The molecule has 0 aliphatic carbocycles. The summed E-state index contributed by atoms with van der Waals surface area (Å²) in [4.78, 5) is 17.6. The number of hydrogen-bond acceptors (Lipinski definition) is 4. The van der Waals surface area contributed by atoms with Crippen LogP contribution >= 0.6 is 23.2 Å². The highest BCUT2D eigenvalue weighted by Gasteiger charge is 2.04. The number of amides is 2. The molecule has 8 heteroatoms. The highest BCUT2D eigenvalue weighted by Crippen LogP contribution is 2.25. The first kappa shape index (κ1) is 20.8. The molecule has 29 heavy (non-hydrogen) atoms. The fourth-order valence-electron chi connectivity index (χ4n) is 2.44. The van der Waals surface area contributed by atoms with Crippen molar-refractivity contribution in [3.05, 3.63) is 82.3 Å². The Bertz CT molecular complexity index is 981. The number of carbonyl (C=O) groups excluding carboxylic acids is 1. The van der Waals surface area contributed by atoms with Gasteiger partial charge in [-0.2, -0.15) is 0 Å². The molecule has 0 aliphatic heterocycles. The summed E-state index contributed by atoms with van der Waals surface area (Å²) in [6, 6.07) is 19.2. The number of anilines is 3. The lowest BCUT2D eigenvalue weighted by atomic mass is 10.2. The Morgan fingerprint density at radius 1 is 0.862 bits per heavy atom. The van der Waals surface area contributed by atoms with Crippen molar-refractivity contribution >= 4 is 46.3 Å². The fraction of sp³-hybridized carbons (Fsp3) is 0.0952. The lowest BCUT2D eigenvalue weighted by Crippen LogP contribution is -2.19. The first-order valence-electron chi connectivity index (χ1n) is 8.67. The summed E-state index contributed by atoms with van der Waals surface area (Å²) in [5, 5.41) is 6.46. The Labute approximate surface area is 178 Å². The van der Waals surface area contributed by atoms with Crippen LogP contribution in [0.2, 0.25) is 10.0 Å². The van der Waals surface area contributed by atoms with Crippen LogP contribution in [0.3, 0.4) is 0 Å². The van der Waals surface area contributed by atoms with Gasteiger partial charge in [-0.15, -0.1) is 0 Å². The van der Waals surface area contributed by atoms with Crippen molar-refractivity contribution in [3.63, 3.8) is 0 Å². The molecule has 3 aromatic carbocycles. The summed E-state index contributed by atoms with van der Waals surface area (Å²) >= 11 is 11.8. The molecule has 150 valence electrons. The second-order valence-electron chi connectivity index (χ2n) is 6.03. The second-order valence-corrected chi connectivity index (χ2v) is 6.84. The van der Waals surface area contributed by atoms with Gasteiger partial charge in [-0.1, -0.05) is 41.4 Å². The highest BCUT2D eigenvalue weighted by atomic mass is 35.5. The monoisotopic (exact) mass is 431 g/mol. The summed E-state index contributed by atoms with van der Waals surface area (Å²) in [6.45, 7) is 0.330. The van der Waals surface area contributed by atoms with Crippen LogP contribution in [0.25, 0.3) is 0 Å². The topological polar surface area (TPSA) is 71.6 Å². The first-order chi connectivity index (χ1) is 14.0. The zero-order valence-corrected chi connectivity index (χ0v) is 17.1. The van der Waals surface area contributed by atoms with Crippen LogP contribution in [0.15, 0.2) is 66.7 Å². The summed E-state index contributed by atoms with van der Waals surface area (Å²) < 4.78 is 5.14. The average Bonchev–Trinajstić information content (AvgIpc) is 2.72. The van der Waals surface area contributed by atoms with Crippen LogP contribution in [0.5, 0.6) is 5.75 Å². The van der Waals surface area contributed by atoms with E-state index >= 15 is 0 Å². The first-order valence-corrected chi connectivity index (χ1v) is 9.43. The van der Waals surface area contributed by atoms with E-state index in [2.05, 4.69) is 16.1 Å². The molecular formula is C21H19Cl2N3O3. The third kappa shape index (κ3) is 6.29. The van der Waals surface area contributed by atoms with Crippen LogP contribution in [0.1, 0.15) is 5.56 Å². The van der Waals surface area contributed by atoms with E-state index in [1.165, 1.54) is 0 Å². The van der Waals surface area contributed by atoms with Crippen LogP contribution in [-0.4, -0.2) is 13.1 Å². The zero-order valence-electron chi connectivity index (χ0n) is 15.5. The lowest BCUT2D eigenvalue weighted by Gasteiger charge is -2.10. The number of urea groups is 1. The van der Waals surface area contributed by atoms with E-state index in [-0.39, 0.29) is 6.03 Å². The molecule has 3 rings (SSSR count). The maximum atomic E-state index is 12.1. The van der Waals surface area contributed by atoms with E-state index in [1.807, 2.05) is 12.1 Å². The van der Waals surface area contributed by atoms with Crippen molar-refractivity contribution in [1.29, 1.82) is 0 Å². The van der Waals surface area contributed by atoms with Gasteiger partial charge in [-0.05, 0) is 48.0 Å². The van der Waals surface area contributed by atoms with Crippen molar-refractivity contribution in [2.45, 2.75) is 6.61 Å². The predicted octanol–water partition coefficient (Wildman–Crippen LogP) is 6.19. The zero-order chi connectivity index (χ0) is 20.6. The summed E-state index contributed by atoms with van der Waals surface area (Å²) in [7, 11) is 1.57. The van der Waals surface area contributed by atoms with Gasteiger partial charge < -0.3 is 15.4 Å². The maximum Gasteiger partial charge on any atom is 0.323 e. The summed E-state index contributed by atoms with van der Waals surface area (Å²) in [5.74, 6) is 0.668. The SMILES string of the molecule is COc1cccc(NC(=O)Nc2ccc(CONc3ccc(Cl)c(Cl)c3)cc2)c1. The molecule has 0 saturated heterocycles. The smallest absolute Gasteiger partial charge is 0.323 e. The van der Waals surface area contributed by atoms with Crippen molar-refractivity contribution in [1.82, 2.24) is 0 Å². The van der Waals surface area contributed by atoms with Gasteiger partial charge in [-0.25, -0.2) is 4.79 Å². The largest absolute Gasteiger partial charge is 0.497 e. The molecule has 0 bridgehead atoms. The number of halogens is 2. The third-order valence-corrected chi connectivity index (χ3v) is 4.63. The van der Waals surface area contributed by atoms with Crippen LogP contribution < -0.4 is 20.9 Å². The molecule has 0 fully saturated rings. The third-order valence-electron chi connectivity index (χ3n) is 3.89. The Hall–Kier alpha value is -2.93. The minimum absolute atomic E-state index is 0.330. The van der Waals surface area contributed by atoms with E-state index in [0.717, 1.165) is 5.56 Å². The van der Waals surface area contributed by atoms with E-state index in [9.17, 15) is 4.79 Å². The number of nitrogens with one attached hydrogen (secondary N) is 3. The Morgan fingerprint density at radius 3 is 2.31 bits per heavy atom. The Morgan fingerprint density at radius 2 is 1.59 bits per heavy atom. The minimum Gasteiger partial charge on any atom is -0.497 e. The number of hydrogen-bond donors (Lipinski definition) is 3. The second kappa shape index (κ2) is 10.0. The van der Waals surface area contributed by atoms with Crippen LogP contribution in [0.4, 0.5) is 21.9 Å². The van der Waals surface area contributed by atoms with E-state index < -0.39 is 0 Å². The highest BCUT2D eigenvalue weighted by molar-refractivity contribution is 6.42. The van der Waals surface area contributed by atoms with Gasteiger partial charge in [-0.3, -0.25) is 10.3 Å². The van der Waals surface area contributed by atoms with E-state index in [0.29, 0.717) is 39.5 Å². The van der Waals surface area contributed by atoms with Gasteiger partial charge in [0.15, 0.2) is 0 Å². The van der Waals surface area contributed by atoms with Crippen LogP contribution in [0, 0.1) is 0 Å². The molecule has 6 nitrogen and oxygen atoms in total. The molecule has 0 atom stereocenters. The Kier molecular flexibility index (Phi) is 7.19. The van der Waals surface area contributed by atoms with Crippen molar-refractivity contribution in [2.24, 2.45) is 0 Å². The van der Waals surface area contributed by atoms with Gasteiger partial charge in [0.1, 0.15) is 5.75 Å². The molecule has 0 unspecified atom stereocenters. The average molecular weight is 432 g/mol. The fourth-order valence-corrected chi connectivity index (χ4v) is 2.74. The molecule has 0 saturated carbocycles. The van der Waals surface area contributed by atoms with Crippen molar-refractivity contribution in [2.75, 3.05) is 23.2 Å². The predicted molar refractivity (Wildman–Crippen MR) is 117 cm³/mol. The van der Waals surface area contributed by atoms with Crippen molar-refractivity contribution in [3.8, 4) is 5.75 Å². The lowest BCUT2D eigenvalue weighted by molar-refractivity contribution is 0.180. The maximum absolute atomic E-state index is 12.1. The Balaban J connectivity index is 1.47.